The molecule has 21 heavy (non-hydrogen) atoms. The van der Waals surface area contributed by atoms with Crippen LogP contribution in [-0.4, -0.2) is 30.2 Å². The summed E-state index contributed by atoms with van der Waals surface area (Å²) < 4.78 is 5.80. The van der Waals surface area contributed by atoms with E-state index in [1.807, 2.05) is 4.90 Å². The predicted molar refractivity (Wildman–Crippen MR) is 87.9 cm³/mol. The molecule has 0 N–H and O–H groups in total. The molecule has 1 fully saturated rings. The molecule has 1 aliphatic heterocycles. The number of ether oxygens (including phenoxy) is 1. The molecular formula is C18H31NO2. The van der Waals surface area contributed by atoms with Gasteiger partial charge in [0, 0.05) is 18.9 Å². The molecule has 1 saturated heterocycles. The van der Waals surface area contributed by atoms with E-state index in [0.29, 0.717) is 13.2 Å². The largest absolute Gasteiger partial charge is 0.356 e. The third-order valence-corrected chi connectivity index (χ3v) is 4.03. The lowest BCUT2D eigenvalue weighted by Crippen LogP contribution is -2.44. The summed E-state index contributed by atoms with van der Waals surface area (Å²) in [4.78, 5) is 13.5. The van der Waals surface area contributed by atoms with Crippen molar-refractivity contribution >= 4 is 5.91 Å². The minimum atomic E-state index is -0.100. The summed E-state index contributed by atoms with van der Waals surface area (Å²) in [6.45, 7) is 13.8. The molecule has 1 amide bonds. The monoisotopic (exact) mass is 293 g/mol. The number of amides is 1. The lowest BCUT2D eigenvalue weighted by molar-refractivity contribution is -0.140. The number of hydrogen-bond acceptors (Lipinski definition) is 2. The van der Waals surface area contributed by atoms with Gasteiger partial charge >= 0.3 is 0 Å². The van der Waals surface area contributed by atoms with Gasteiger partial charge in [-0.25, -0.2) is 0 Å². The highest BCUT2D eigenvalue weighted by molar-refractivity contribution is 5.73. The number of nitrogens with zero attached hydrogens (tertiary/aromatic N) is 1. The van der Waals surface area contributed by atoms with Crippen LogP contribution in [0.25, 0.3) is 0 Å². The molecule has 0 aromatic rings. The van der Waals surface area contributed by atoms with Crippen molar-refractivity contribution < 1.29 is 9.53 Å². The summed E-state index contributed by atoms with van der Waals surface area (Å²) in [5.41, 5.74) is 2.73. The van der Waals surface area contributed by atoms with Gasteiger partial charge in [0.1, 0.15) is 6.23 Å². The van der Waals surface area contributed by atoms with E-state index in [1.165, 1.54) is 11.1 Å². The molecule has 1 unspecified atom stereocenters. The van der Waals surface area contributed by atoms with Crippen LogP contribution in [0.1, 0.15) is 60.8 Å². The Morgan fingerprint density at radius 1 is 1.24 bits per heavy atom. The molecule has 1 atom stereocenters. The van der Waals surface area contributed by atoms with Crippen LogP contribution in [0.3, 0.4) is 0 Å². The van der Waals surface area contributed by atoms with Crippen LogP contribution in [0.15, 0.2) is 23.3 Å². The van der Waals surface area contributed by atoms with Crippen molar-refractivity contribution in [2.75, 3.05) is 13.2 Å². The van der Waals surface area contributed by atoms with Crippen molar-refractivity contribution in [1.29, 1.82) is 0 Å². The quantitative estimate of drug-likeness (QED) is 0.683. The van der Waals surface area contributed by atoms with Crippen molar-refractivity contribution in [1.82, 2.24) is 4.90 Å². The zero-order valence-corrected chi connectivity index (χ0v) is 14.5. The van der Waals surface area contributed by atoms with E-state index in [2.05, 4.69) is 46.8 Å². The zero-order valence-electron chi connectivity index (χ0n) is 14.5. The molecule has 1 aliphatic rings. The van der Waals surface area contributed by atoms with Crippen molar-refractivity contribution in [2.24, 2.45) is 5.41 Å². The van der Waals surface area contributed by atoms with Crippen LogP contribution >= 0.6 is 0 Å². The first-order chi connectivity index (χ1) is 9.74. The number of carbonyl (C=O) groups excluding carboxylic acids is 1. The van der Waals surface area contributed by atoms with E-state index in [0.717, 1.165) is 19.3 Å². The summed E-state index contributed by atoms with van der Waals surface area (Å²) in [5.74, 6) is 0.106. The third-order valence-electron chi connectivity index (χ3n) is 4.03. The first-order valence-corrected chi connectivity index (χ1v) is 7.92. The second-order valence-corrected chi connectivity index (χ2v) is 7.00. The predicted octanol–water partition coefficient (Wildman–Crippen LogP) is 4.30. The number of hydrogen-bond donors (Lipinski definition) is 0. The highest BCUT2D eigenvalue weighted by Gasteiger charge is 2.39. The van der Waals surface area contributed by atoms with Gasteiger partial charge in [-0.1, -0.05) is 37.1 Å². The molecular weight excluding hydrogens is 262 g/mol. The maximum absolute atomic E-state index is 11.7. The Morgan fingerprint density at radius 3 is 2.48 bits per heavy atom. The van der Waals surface area contributed by atoms with Crippen molar-refractivity contribution in [2.45, 2.75) is 67.0 Å². The molecule has 0 saturated carbocycles. The smallest absolute Gasteiger partial charge is 0.221 e. The SMILES string of the molecule is CC(=O)N1CCOC1C(C)(C)C/C=C(\C)CCC=C(C)C. The number of rotatable bonds is 6. The lowest BCUT2D eigenvalue weighted by Gasteiger charge is -2.35. The fraction of sp³-hybridized carbons (Fsp3) is 0.722. The van der Waals surface area contributed by atoms with E-state index < -0.39 is 0 Å². The van der Waals surface area contributed by atoms with E-state index in [1.54, 1.807) is 6.92 Å². The van der Waals surface area contributed by atoms with Crippen molar-refractivity contribution in [3.8, 4) is 0 Å². The van der Waals surface area contributed by atoms with Gasteiger partial charge in [0.2, 0.25) is 5.91 Å². The molecule has 3 heteroatoms. The van der Waals surface area contributed by atoms with Crippen LogP contribution in [-0.2, 0) is 9.53 Å². The van der Waals surface area contributed by atoms with Gasteiger partial charge in [-0.2, -0.15) is 0 Å². The van der Waals surface area contributed by atoms with Gasteiger partial charge in [-0.3, -0.25) is 4.79 Å². The Balaban J connectivity index is 2.59. The van der Waals surface area contributed by atoms with Crippen LogP contribution in [0.2, 0.25) is 0 Å². The topological polar surface area (TPSA) is 29.5 Å². The van der Waals surface area contributed by atoms with Gasteiger partial charge in [0.05, 0.1) is 6.61 Å². The molecule has 120 valence electrons. The normalized spacial score (nSPS) is 19.8. The molecule has 0 aromatic carbocycles. The van der Waals surface area contributed by atoms with Crippen LogP contribution in [0.4, 0.5) is 0 Å². The lowest BCUT2D eigenvalue weighted by atomic mass is 9.85. The molecule has 0 aromatic heterocycles. The van der Waals surface area contributed by atoms with Crippen LogP contribution < -0.4 is 0 Å². The summed E-state index contributed by atoms with van der Waals surface area (Å²) in [6.07, 6.45) is 7.62. The standard InChI is InChI=1S/C18H31NO2/c1-14(2)8-7-9-15(3)10-11-18(5,6)17-19(16(4)20)12-13-21-17/h8,10,17H,7,9,11-13H2,1-6H3/b15-10+. The zero-order chi connectivity index (χ0) is 16.0. The molecule has 3 nitrogen and oxygen atoms in total. The van der Waals surface area contributed by atoms with Crippen molar-refractivity contribution in [3.05, 3.63) is 23.3 Å². The number of carbonyl (C=O) groups is 1. The van der Waals surface area contributed by atoms with Crippen LogP contribution in [0, 0.1) is 5.41 Å². The second-order valence-electron chi connectivity index (χ2n) is 7.00. The fourth-order valence-electron chi connectivity index (χ4n) is 2.67. The first-order valence-electron chi connectivity index (χ1n) is 7.92. The molecule has 0 spiro atoms. The Labute approximate surface area is 130 Å². The fourth-order valence-corrected chi connectivity index (χ4v) is 2.67. The Morgan fingerprint density at radius 2 is 1.90 bits per heavy atom. The summed E-state index contributed by atoms with van der Waals surface area (Å²) in [5, 5.41) is 0. The van der Waals surface area contributed by atoms with E-state index >= 15 is 0 Å². The third kappa shape index (κ3) is 5.66. The van der Waals surface area contributed by atoms with E-state index in [-0.39, 0.29) is 17.6 Å². The second kappa shape index (κ2) is 7.79. The Kier molecular flexibility index (Phi) is 6.66. The summed E-state index contributed by atoms with van der Waals surface area (Å²) >= 11 is 0. The average Bonchev–Trinajstić information content (AvgIpc) is 2.86. The Hall–Kier alpha value is -1.09. The highest BCUT2D eigenvalue weighted by Crippen LogP contribution is 2.33. The van der Waals surface area contributed by atoms with Gasteiger partial charge in [0.25, 0.3) is 0 Å². The highest BCUT2D eigenvalue weighted by atomic mass is 16.5. The average molecular weight is 293 g/mol. The molecule has 0 radical (unpaired) electrons. The first kappa shape index (κ1) is 18.0. The molecule has 1 rings (SSSR count). The van der Waals surface area contributed by atoms with Crippen molar-refractivity contribution in [3.63, 3.8) is 0 Å². The minimum absolute atomic E-state index is 0.0556. The summed E-state index contributed by atoms with van der Waals surface area (Å²) in [7, 11) is 0. The van der Waals surface area contributed by atoms with Gasteiger partial charge in [-0.05, 0) is 40.0 Å². The molecule has 0 aliphatic carbocycles. The maximum Gasteiger partial charge on any atom is 0.221 e. The minimum Gasteiger partial charge on any atom is -0.356 e. The van der Waals surface area contributed by atoms with Gasteiger partial charge in [0.15, 0.2) is 0 Å². The maximum atomic E-state index is 11.7. The Bertz CT molecular complexity index is 417. The van der Waals surface area contributed by atoms with Gasteiger partial charge < -0.3 is 9.64 Å². The molecule has 0 bridgehead atoms. The van der Waals surface area contributed by atoms with E-state index in [9.17, 15) is 4.79 Å². The van der Waals surface area contributed by atoms with Gasteiger partial charge in [-0.15, -0.1) is 0 Å². The van der Waals surface area contributed by atoms with E-state index in [4.69, 9.17) is 4.74 Å². The number of allylic oxidation sites excluding steroid dienone is 4. The van der Waals surface area contributed by atoms with Crippen LogP contribution in [0.5, 0.6) is 0 Å². The summed E-state index contributed by atoms with van der Waals surface area (Å²) in [6, 6.07) is 0. The molecule has 1 heterocycles.